The van der Waals surface area contributed by atoms with E-state index in [0.29, 0.717) is 37.0 Å². The SMILES string of the molecule is Cc1ccc(SCCNC(=O)CCc2nc(-c3ccc(C(C)C)cc3)no2)cc1. The molecule has 0 atom stereocenters. The molecule has 0 spiro atoms. The molecular weight excluding hydrogens is 382 g/mol. The normalized spacial score (nSPS) is 11.0. The first-order valence-corrected chi connectivity index (χ1v) is 10.9. The summed E-state index contributed by atoms with van der Waals surface area (Å²) in [4.78, 5) is 17.7. The van der Waals surface area contributed by atoms with Gasteiger partial charge in [0.1, 0.15) is 0 Å². The van der Waals surface area contributed by atoms with Crippen LogP contribution in [0, 0.1) is 6.92 Å². The number of carbonyl (C=O) groups excluding carboxylic acids is 1. The molecule has 1 amide bonds. The molecule has 0 unspecified atom stereocenters. The van der Waals surface area contributed by atoms with Gasteiger partial charge < -0.3 is 9.84 Å². The number of amides is 1. The third-order valence-corrected chi connectivity index (χ3v) is 5.60. The molecule has 3 rings (SSSR count). The van der Waals surface area contributed by atoms with E-state index in [4.69, 9.17) is 4.52 Å². The van der Waals surface area contributed by atoms with E-state index in [0.717, 1.165) is 11.3 Å². The molecule has 5 nitrogen and oxygen atoms in total. The van der Waals surface area contributed by atoms with Gasteiger partial charge in [-0.2, -0.15) is 4.98 Å². The first kappa shape index (κ1) is 21.1. The summed E-state index contributed by atoms with van der Waals surface area (Å²) in [6.45, 7) is 7.03. The van der Waals surface area contributed by atoms with E-state index in [1.54, 1.807) is 11.8 Å². The van der Waals surface area contributed by atoms with E-state index in [1.807, 2.05) is 12.1 Å². The fraction of sp³-hybridized carbons (Fsp3) is 0.348. The van der Waals surface area contributed by atoms with Gasteiger partial charge in [0.05, 0.1) is 0 Å². The zero-order valence-corrected chi connectivity index (χ0v) is 18.0. The van der Waals surface area contributed by atoms with E-state index in [2.05, 4.69) is 72.6 Å². The molecule has 3 aromatic rings. The van der Waals surface area contributed by atoms with Gasteiger partial charge in [-0.3, -0.25) is 4.79 Å². The lowest BCUT2D eigenvalue weighted by atomic mass is 10.0. The number of nitrogens with one attached hydrogen (secondary N) is 1. The van der Waals surface area contributed by atoms with Gasteiger partial charge in [0.15, 0.2) is 0 Å². The van der Waals surface area contributed by atoms with Crippen LogP contribution in [-0.2, 0) is 11.2 Å². The summed E-state index contributed by atoms with van der Waals surface area (Å²) in [7, 11) is 0. The molecule has 0 saturated carbocycles. The van der Waals surface area contributed by atoms with Crippen molar-refractivity contribution in [3.63, 3.8) is 0 Å². The van der Waals surface area contributed by atoms with Crippen LogP contribution in [-0.4, -0.2) is 28.3 Å². The zero-order valence-electron chi connectivity index (χ0n) is 17.1. The van der Waals surface area contributed by atoms with Crippen molar-refractivity contribution < 1.29 is 9.32 Å². The van der Waals surface area contributed by atoms with E-state index in [1.165, 1.54) is 16.0 Å². The molecule has 0 fully saturated rings. The molecule has 1 heterocycles. The second kappa shape index (κ2) is 10.3. The highest BCUT2D eigenvalue weighted by Crippen LogP contribution is 2.21. The van der Waals surface area contributed by atoms with E-state index in [9.17, 15) is 4.79 Å². The molecule has 0 radical (unpaired) electrons. The zero-order chi connectivity index (χ0) is 20.6. The van der Waals surface area contributed by atoms with Crippen LogP contribution in [0.1, 0.15) is 43.2 Å². The number of rotatable bonds is 9. The lowest BCUT2D eigenvalue weighted by Crippen LogP contribution is -2.25. The Morgan fingerprint density at radius 2 is 1.83 bits per heavy atom. The third kappa shape index (κ3) is 6.46. The maximum absolute atomic E-state index is 12.0. The molecule has 1 aromatic heterocycles. The molecule has 0 aliphatic rings. The van der Waals surface area contributed by atoms with Gasteiger partial charge in [-0.1, -0.05) is 61.0 Å². The Hall–Kier alpha value is -2.60. The Bertz CT molecular complexity index is 918. The molecule has 2 aromatic carbocycles. The number of hydrogen-bond acceptors (Lipinski definition) is 5. The van der Waals surface area contributed by atoms with Gasteiger partial charge in [0.2, 0.25) is 17.6 Å². The molecule has 0 aliphatic heterocycles. The van der Waals surface area contributed by atoms with Crippen LogP contribution in [0.3, 0.4) is 0 Å². The number of nitrogens with zero attached hydrogens (tertiary/aromatic N) is 2. The van der Waals surface area contributed by atoms with Crippen molar-refractivity contribution in [3.8, 4) is 11.4 Å². The molecular formula is C23H27N3O2S. The summed E-state index contributed by atoms with van der Waals surface area (Å²) in [6.07, 6.45) is 0.775. The highest BCUT2D eigenvalue weighted by atomic mass is 32.2. The molecule has 1 N–H and O–H groups in total. The predicted octanol–water partition coefficient (Wildman–Crippen LogP) is 5.01. The van der Waals surface area contributed by atoms with Crippen molar-refractivity contribution in [1.29, 1.82) is 0 Å². The molecule has 0 bridgehead atoms. The van der Waals surface area contributed by atoms with Crippen molar-refractivity contribution in [3.05, 3.63) is 65.5 Å². The van der Waals surface area contributed by atoms with Crippen molar-refractivity contribution in [1.82, 2.24) is 15.5 Å². The van der Waals surface area contributed by atoms with Crippen LogP contribution in [0.4, 0.5) is 0 Å². The largest absolute Gasteiger partial charge is 0.355 e. The van der Waals surface area contributed by atoms with Crippen molar-refractivity contribution in [2.45, 2.75) is 44.4 Å². The van der Waals surface area contributed by atoms with Crippen molar-refractivity contribution in [2.75, 3.05) is 12.3 Å². The monoisotopic (exact) mass is 409 g/mol. The second-order valence-electron chi connectivity index (χ2n) is 7.30. The summed E-state index contributed by atoms with van der Waals surface area (Å²) in [6, 6.07) is 16.6. The number of aryl methyl sites for hydroxylation is 2. The number of hydrogen-bond donors (Lipinski definition) is 1. The standard InChI is InChI=1S/C23H27N3O2S/c1-16(2)18-6-8-19(9-7-18)23-25-22(28-26-23)13-12-21(27)24-14-15-29-20-10-4-17(3)5-11-20/h4-11,16H,12-15H2,1-3H3,(H,24,27). The van der Waals surface area contributed by atoms with Gasteiger partial charge in [-0.15, -0.1) is 11.8 Å². The molecule has 29 heavy (non-hydrogen) atoms. The van der Waals surface area contributed by atoms with E-state index in [-0.39, 0.29) is 5.91 Å². The number of aromatic nitrogens is 2. The van der Waals surface area contributed by atoms with E-state index < -0.39 is 0 Å². The second-order valence-corrected chi connectivity index (χ2v) is 8.47. The highest BCUT2D eigenvalue weighted by molar-refractivity contribution is 7.99. The van der Waals surface area contributed by atoms with Gasteiger partial charge in [0.25, 0.3) is 0 Å². The van der Waals surface area contributed by atoms with Gasteiger partial charge in [-0.05, 0) is 30.5 Å². The Balaban J connectivity index is 1.39. The Morgan fingerprint density at radius 3 is 2.52 bits per heavy atom. The minimum absolute atomic E-state index is 0.00413. The smallest absolute Gasteiger partial charge is 0.227 e. The van der Waals surface area contributed by atoms with Crippen LogP contribution >= 0.6 is 11.8 Å². The Kier molecular flexibility index (Phi) is 7.47. The summed E-state index contributed by atoms with van der Waals surface area (Å²) < 4.78 is 5.30. The van der Waals surface area contributed by atoms with Crippen LogP contribution in [0.5, 0.6) is 0 Å². The summed E-state index contributed by atoms with van der Waals surface area (Å²) in [5, 5.41) is 6.97. The third-order valence-electron chi connectivity index (χ3n) is 4.58. The average molecular weight is 410 g/mol. The number of benzene rings is 2. The minimum atomic E-state index is -0.00413. The summed E-state index contributed by atoms with van der Waals surface area (Å²) in [5.74, 6) is 2.36. The first-order chi connectivity index (χ1) is 14.0. The minimum Gasteiger partial charge on any atom is -0.355 e. The first-order valence-electron chi connectivity index (χ1n) is 9.90. The molecule has 152 valence electrons. The fourth-order valence-corrected chi connectivity index (χ4v) is 3.56. The van der Waals surface area contributed by atoms with Crippen LogP contribution < -0.4 is 5.32 Å². The quantitative estimate of drug-likeness (QED) is 0.397. The van der Waals surface area contributed by atoms with Gasteiger partial charge >= 0.3 is 0 Å². The van der Waals surface area contributed by atoms with Crippen LogP contribution in [0.15, 0.2) is 57.9 Å². The molecule has 0 aliphatic carbocycles. The number of carbonyl (C=O) groups is 1. The van der Waals surface area contributed by atoms with Gasteiger partial charge in [-0.25, -0.2) is 0 Å². The van der Waals surface area contributed by atoms with Crippen LogP contribution in [0.2, 0.25) is 0 Å². The maximum Gasteiger partial charge on any atom is 0.227 e. The number of thioether (sulfide) groups is 1. The Morgan fingerprint density at radius 1 is 1.10 bits per heavy atom. The van der Waals surface area contributed by atoms with Gasteiger partial charge in [0, 0.05) is 35.6 Å². The molecule has 0 saturated heterocycles. The lowest BCUT2D eigenvalue weighted by Gasteiger charge is -2.05. The lowest BCUT2D eigenvalue weighted by molar-refractivity contribution is -0.121. The summed E-state index contributed by atoms with van der Waals surface area (Å²) >= 11 is 1.73. The topological polar surface area (TPSA) is 68.0 Å². The highest BCUT2D eigenvalue weighted by Gasteiger charge is 2.11. The Labute approximate surface area is 176 Å². The fourth-order valence-electron chi connectivity index (χ4n) is 2.79. The van der Waals surface area contributed by atoms with Crippen molar-refractivity contribution in [2.24, 2.45) is 0 Å². The van der Waals surface area contributed by atoms with Crippen molar-refractivity contribution >= 4 is 17.7 Å². The summed E-state index contributed by atoms with van der Waals surface area (Å²) in [5.41, 5.74) is 3.44. The average Bonchev–Trinajstić information content (AvgIpc) is 3.20. The molecule has 6 heteroatoms. The maximum atomic E-state index is 12.0. The van der Waals surface area contributed by atoms with Crippen LogP contribution in [0.25, 0.3) is 11.4 Å². The van der Waals surface area contributed by atoms with E-state index >= 15 is 0 Å². The predicted molar refractivity (Wildman–Crippen MR) is 117 cm³/mol.